The summed E-state index contributed by atoms with van der Waals surface area (Å²) in [5, 5.41) is 3.89. The molecule has 1 unspecified atom stereocenters. The van der Waals surface area contributed by atoms with Crippen LogP contribution in [0.3, 0.4) is 0 Å². The van der Waals surface area contributed by atoms with E-state index in [-0.39, 0.29) is 17.0 Å². The molecule has 1 amide bonds. The predicted molar refractivity (Wildman–Crippen MR) is 118 cm³/mol. The van der Waals surface area contributed by atoms with Crippen LogP contribution in [0.5, 0.6) is 0 Å². The maximum atomic E-state index is 14.2. The highest BCUT2D eigenvalue weighted by Crippen LogP contribution is 2.24. The van der Waals surface area contributed by atoms with E-state index in [9.17, 15) is 14.0 Å². The lowest BCUT2D eigenvalue weighted by molar-refractivity contribution is 0.0931. The normalized spacial score (nSPS) is 12.3. The largest absolute Gasteiger partial charge is 0.361 e. The van der Waals surface area contributed by atoms with Crippen LogP contribution in [0.1, 0.15) is 53.2 Å². The van der Waals surface area contributed by atoms with Gasteiger partial charge in [-0.25, -0.2) is 9.37 Å². The van der Waals surface area contributed by atoms with Crippen LogP contribution in [0.2, 0.25) is 0 Å². The van der Waals surface area contributed by atoms with Gasteiger partial charge < -0.3 is 15.3 Å². The quantitative estimate of drug-likeness (QED) is 0.438. The molecule has 2 heterocycles. The number of aromatic amines is 2. The van der Waals surface area contributed by atoms with Crippen molar-refractivity contribution in [3.63, 3.8) is 0 Å². The molecule has 0 spiro atoms. The van der Waals surface area contributed by atoms with Crippen molar-refractivity contribution >= 4 is 16.8 Å². The SMILES string of the molecule is CC(C)c1nc(C(Cc2c[nH]c3ccccc23)NC(=O)c2ccccc2F)cc(=O)[nH]1. The zero-order chi connectivity index (χ0) is 22.0. The van der Waals surface area contributed by atoms with Crippen LogP contribution >= 0.6 is 0 Å². The number of rotatable bonds is 6. The first-order valence-corrected chi connectivity index (χ1v) is 10.1. The van der Waals surface area contributed by atoms with Crippen LogP contribution in [0, 0.1) is 5.82 Å². The smallest absolute Gasteiger partial charge is 0.254 e. The van der Waals surface area contributed by atoms with E-state index < -0.39 is 17.8 Å². The van der Waals surface area contributed by atoms with Gasteiger partial charge in [-0.3, -0.25) is 9.59 Å². The Bertz CT molecular complexity index is 1290. The molecule has 7 heteroatoms. The monoisotopic (exact) mass is 418 g/mol. The summed E-state index contributed by atoms with van der Waals surface area (Å²) in [4.78, 5) is 35.7. The molecule has 4 rings (SSSR count). The number of H-pyrrole nitrogens is 2. The van der Waals surface area contributed by atoms with Gasteiger partial charge in [-0.05, 0) is 23.8 Å². The van der Waals surface area contributed by atoms with E-state index in [2.05, 4.69) is 20.3 Å². The van der Waals surface area contributed by atoms with Gasteiger partial charge >= 0.3 is 0 Å². The Morgan fingerprint density at radius 3 is 2.65 bits per heavy atom. The van der Waals surface area contributed by atoms with Crippen molar-refractivity contribution in [3.05, 3.63) is 99.6 Å². The van der Waals surface area contributed by atoms with Crippen LogP contribution in [-0.4, -0.2) is 20.9 Å². The van der Waals surface area contributed by atoms with Crippen LogP contribution in [0.25, 0.3) is 10.9 Å². The molecule has 4 aromatic rings. The standard InChI is InChI=1S/C24H23FN4O2/c1-14(2)23-27-21(12-22(30)29-23)20(28-24(31)17-8-3-5-9-18(17)25)11-15-13-26-19-10-6-4-7-16(15)19/h3-10,12-14,20,26H,11H2,1-2H3,(H,28,31)(H,27,29,30). The number of benzene rings is 2. The first-order valence-electron chi connectivity index (χ1n) is 10.1. The lowest BCUT2D eigenvalue weighted by Gasteiger charge is -2.19. The minimum absolute atomic E-state index is 0.00339. The second kappa shape index (κ2) is 8.55. The Morgan fingerprint density at radius 1 is 1.13 bits per heavy atom. The molecule has 1 atom stereocenters. The van der Waals surface area contributed by atoms with Crippen molar-refractivity contribution < 1.29 is 9.18 Å². The van der Waals surface area contributed by atoms with E-state index >= 15 is 0 Å². The molecule has 3 N–H and O–H groups in total. The molecular weight excluding hydrogens is 395 g/mol. The molecule has 2 aromatic carbocycles. The average Bonchev–Trinajstić information content (AvgIpc) is 3.16. The molecule has 158 valence electrons. The summed E-state index contributed by atoms with van der Waals surface area (Å²) in [5.74, 6) is -0.626. The highest BCUT2D eigenvalue weighted by Gasteiger charge is 2.22. The molecule has 0 saturated carbocycles. The van der Waals surface area contributed by atoms with E-state index in [1.807, 2.05) is 44.3 Å². The summed E-state index contributed by atoms with van der Waals surface area (Å²) in [7, 11) is 0. The fourth-order valence-electron chi connectivity index (χ4n) is 3.58. The Hall–Kier alpha value is -3.74. The molecule has 0 saturated heterocycles. The van der Waals surface area contributed by atoms with Crippen LogP contribution in [-0.2, 0) is 6.42 Å². The summed E-state index contributed by atoms with van der Waals surface area (Å²) in [6.07, 6.45) is 2.27. The van der Waals surface area contributed by atoms with E-state index in [0.29, 0.717) is 17.9 Å². The van der Waals surface area contributed by atoms with E-state index in [1.54, 1.807) is 6.07 Å². The first kappa shape index (κ1) is 20.5. The molecule has 0 aliphatic heterocycles. The lowest BCUT2D eigenvalue weighted by atomic mass is 10.0. The summed E-state index contributed by atoms with van der Waals surface area (Å²) in [5.41, 5.74) is 2.02. The van der Waals surface area contributed by atoms with Gasteiger partial charge in [-0.2, -0.15) is 0 Å². The van der Waals surface area contributed by atoms with Crippen molar-refractivity contribution in [1.29, 1.82) is 0 Å². The summed E-state index contributed by atoms with van der Waals surface area (Å²) >= 11 is 0. The Labute approximate surface area is 178 Å². The number of carbonyl (C=O) groups is 1. The number of amides is 1. The zero-order valence-electron chi connectivity index (χ0n) is 17.3. The third-order valence-electron chi connectivity index (χ3n) is 5.21. The highest BCUT2D eigenvalue weighted by molar-refractivity contribution is 5.94. The maximum absolute atomic E-state index is 14.2. The topological polar surface area (TPSA) is 90.6 Å². The van der Waals surface area contributed by atoms with Gasteiger partial charge in [0.25, 0.3) is 11.5 Å². The second-order valence-electron chi connectivity index (χ2n) is 7.78. The third-order valence-corrected chi connectivity index (χ3v) is 5.21. The summed E-state index contributed by atoms with van der Waals surface area (Å²) in [6.45, 7) is 3.85. The minimum Gasteiger partial charge on any atom is -0.361 e. The molecule has 0 radical (unpaired) electrons. The van der Waals surface area contributed by atoms with E-state index in [4.69, 9.17) is 0 Å². The number of hydrogen-bond donors (Lipinski definition) is 3. The molecule has 0 fully saturated rings. The average molecular weight is 418 g/mol. The molecule has 31 heavy (non-hydrogen) atoms. The van der Waals surface area contributed by atoms with E-state index in [0.717, 1.165) is 16.5 Å². The third kappa shape index (κ3) is 4.40. The van der Waals surface area contributed by atoms with Gasteiger partial charge in [0.1, 0.15) is 11.6 Å². The van der Waals surface area contributed by atoms with E-state index in [1.165, 1.54) is 24.3 Å². The van der Waals surface area contributed by atoms with Gasteiger partial charge in [-0.1, -0.05) is 44.2 Å². The van der Waals surface area contributed by atoms with Gasteiger partial charge in [0.15, 0.2) is 0 Å². The van der Waals surface area contributed by atoms with Crippen LogP contribution < -0.4 is 10.9 Å². The Kier molecular flexibility index (Phi) is 5.66. The van der Waals surface area contributed by atoms with Crippen LogP contribution in [0.4, 0.5) is 4.39 Å². The fraction of sp³-hybridized carbons (Fsp3) is 0.208. The fourth-order valence-corrected chi connectivity index (χ4v) is 3.58. The lowest BCUT2D eigenvalue weighted by Crippen LogP contribution is -2.32. The van der Waals surface area contributed by atoms with Gasteiger partial charge in [0, 0.05) is 35.5 Å². The van der Waals surface area contributed by atoms with Crippen molar-refractivity contribution in [2.45, 2.75) is 32.2 Å². The number of hydrogen-bond acceptors (Lipinski definition) is 3. The molecule has 0 aliphatic carbocycles. The van der Waals surface area contributed by atoms with Crippen LogP contribution in [0.15, 0.2) is 65.6 Å². The van der Waals surface area contributed by atoms with Gasteiger partial charge in [-0.15, -0.1) is 0 Å². The number of fused-ring (bicyclic) bond motifs is 1. The highest BCUT2D eigenvalue weighted by atomic mass is 19.1. The van der Waals surface area contributed by atoms with Gasteiger partial charge in [0.2, 0.25) is 0 Å². The number of nitrogens with one attached hydrogen (secondary N) is 3. The molecule has 0 bridgehead atoms. The molecule has 6 nitrogen and oxygen atoms in total. The molecule has 0 aliphatic rings. The van der Waals surface area contributed by atoms with Crippen molar-refractivity contribution in [2.24, 2.45) is 0 Å². The number of para-hydroxylation sites is 1. The van der Waals surface area contributed by atoms with Crippen molar-refractivity contribution in [2.75, 3.05) is 0 Å². The second-order valence-corrected chi connectivity index (χ2v) is 7.78. The van der Waals surface area contributed by atoms with Crippen molar-refractivity contribution in [1.82, 2.24) is 20.3 Å². The first-order chi connectivity index (χ1) is 14.9. The number of carbonyl (C=O) groups excluding carboxylic acids is 1. The minimum atomic E-state index is -0.619. The predicted octanol–water partition coefficient (Wildman–Crippen LogP) is 4.23. The maximum Gasteiger partial charge on any atom is 0.254 e. The Balaban J connectivity index is 1.74. The summed E-state index contributed by atoms with van der Waals surface area (Å²) < 4.78 is 14.2. The molecule has 2 aromatic heterocycles. The van der Waals surface area contributed by atoms with Crippen molar-refractivity contribution in [3.8, 4) is 0 Å². The number of aromatic nitrogens is 3. The van der Waals surface area contributed by atoms with Gasteiger partial charge in [0.05, 0.1) is 17.3 Å². The Morgan fingerprint density at radius 2 is 1.87 bits per heavy atom. The summed E-state index contributed by atoms with van der Waals surface area (Å²) in [6, 6.07) is 14.4. The number of halogens is 1. The molecular formula is C24H23FN4O2. The number of nitrogens with zero attached hydrogens (tertiary/aromatic N) is 1. The zero-order valence-corrected chi connectivity index (χ0v) is 17.3.